The highest BCUT2D eigenvalue weighted by molar-refractivity contribution is 5.79. The van der Waals surface area contributed by atoms with Gasteiger partial charge in [-0.25, -0.2) is 4.79 Å². The molecule has 5 heteroatoms. The Morgan fingerprint density at radius 3 is 2.36 bits per heavy atom. The number of hydrogen-bond acceptors (Lipinski definition) is 4. The van der Waals surface area contributed by atoms with Crippen molar-refractivity contribution < 1.29 is 19.1 Å². The standard InChI is InChI=1S/C28H37NO4/c1-27(2,3)23-14-12-20(13-15-23)17-25(30)29-16-8-10-22(19-29)21-9-7-11-24(18-21)33-28(4,5)26(31)32-6/h7,9,11-15,18,22H,8,10,16-17,19H2,1-6H3. The SMILES string of the molecule is COC(=O)C(C)(C)Oc1cccc(C2CCCN(C(=O)Cc3ccc(C(C)(C)C)cc3)C2)c1. The zero-order chi connectivity index (χ0) is 24.2. The summed E-state index contributed by atoms with van der Waals surface area (Å²) < 4.78 is 10.8. The largest absolute Gasteiger partial charge is 0.476 e. The number of ether oxygens (including phenoxy) is 2. The normalized spacial score (nSPS) is 16.9. The van der Waals surface area contributed by atoms with E-state index in [4.69, 9.17) is 9.47 Å². The van der Waals surface area contributed by atoms with Gasteiger partial charge in [-0.2, -0.15) is 0 Å². The Hall–Kier alpha value is -2.82. The van der Waals surface area contributed by atoms with E-state index < -0.39 is 11.6 Å². The van der Waals surface area contributed by atoms with Crippen molar-refractivity contribution in [2.45, 2.75) is 70.8 Å². The van der Waals surface area contributed by atoms with Gasteiger partial charge in [0.05, 0.1) is 13.5 Å². The third-order valence-electron chi connectivity index (χ3n) is 6.33. The Kier molecular flexibility index (Phi) is 7.51. The van der Waals surface area contributed by atoms with Gasteiger partial charge in [0, 0.05) is 19.0 Å². The number of likely N-dealkylation sites (tertiary alicyclic amines) is 1. The fraction of sp³-hybridized carbons (Fsp3) is 0.500. The molecular weight excluding hydrogens is 414 g/mol. The highest BCUT2D eigenvalue weighted by Crippen LogP contribution is 2.31. The molecule has 2 aromatic rings. The zero-order valence-corrected chi connectivity index (χ0v) is 20.8. The van der Waals surface area contributed by atoms with Crippen LogP contribution in [0, 0.1) is 0 Å². The molecule has 1 heterocycles. The van der Waals surface area contributed by atoms with Crippen molar-refractivity contribution in [2.75, 3.05) is 20.2 Å². The van der Waals surface area contributed by atoms with Crippen LogP contribution in [0.3, 0.4) is 0 Å². The van der Waals surface area contributed by atoms with E-state index in [0.29, 0.717) is 18.7 Å². The topological polar surface area (TPSA) is 55.8 Å². The lowest BCUT2D eigenvalue weighted by molar-refractivity contribution is -0.156. The van der Waals surface area contributed by atoms with Crippen molar-refractivity contribution in [2.24, 2.45) is 0 Å². The van der Waals surface area contributed by atoms with Gasteiger partial charge in [0.2, 0.25) is 5.91 Å². The monoisotopic (exact) mass is 451 g/mol. The summed E-state index contributed by atoms with van der Waals surface area (Å²) in [6.45, 7) is 11.5. The maximum absolute atomic E-state index is 13.0. The van der Waals surface area contributed by atoms with Crippen LogP contribution in [0.5, 0.6) is 5.75 Å². The molecule has 3 rings (SSSR count). The summed E-state index contributed by atoms with van der Waals surface area (Å²) >= 11 is 0. The number of amides is 1. The van der Waals surface area contributed by atoms with Gasteiger partial charge in [-0.1, -0.05) is 57.2 Å². The molecule has 0 saturated carbocycles. The van der Waals surface area contributed by atoms with Crippen molar-refractivity contribution in [1.82, 2.24) is 4.90 Å². The summed E-state index contributed by atoms with van der Waals surface area (Å²) in [4.78, 5) is 27.0. The number of methoxy groups -OCH3 is 1. The predicted molar refractivity (Wildman–Crippen MR) is 131 cm³/mol. The lowest BCUT2D eigenvalue weighted by Crippen LogP contribution is -2.40. The smallest absolute Gasteiger partial charge is 0.349 e. The number of hydrogen-bond donors (Lipinski definition) is 0. The molecule has 1 atom stereocenters. The summed E-state index contributed by atoms with van der Waals surface area (Å²) in [5.41, 5.74) is 2.49. The van der Waals surface area contributed by atoms with Gasteiger partial charge < -0.3 is 14.4 Å². The maximum Gasteiger partial charge on any atom is 0.349 e. The van der Waals surface area contributed by atoms with E-state index in [-0.39, 0.29) is 17.2 Å². The molecular formula is C28H37NO4. The van der Waals surface area contributed by atoms with E-state index in [0.717, 1.165) is 30.5 Å². The predicted octanol–water partition coefficient (Wildman–Crippen LogP) is 5.26. The maximum atomic E-state index is 13.0. The van der Waals surface area contributed by atoms with Crippen LogP contribution in [-0.2, 0) is 26.2 Å². The van der Waals surface area contributed by atoms with Gasteiger partial charge in [0.1, 0.15) is 5.75 Å². The molecule has 1 aliphatic rings. The van der Waals surface area contributed by atoms with Crippen LogP contribution in [0.15, 0.2) is 48.5 Å². The van der Waals surface area contributed by atoms with Crippen LogP contribution in [0.1, 0.15) is 70.1 Å². The fourth-order valence-electron chi connectivity index (χ4n) is 4.30. The van der Waals surface area contributed by atoms with E-state index in [1.54, 1.807) is 13.8 Å². The molecule has 2 aromatic carbocycles. The van der Waals surface area contributed by atoms with Crippen molar-refractivity contribution in [3.63, 3.8) is 0 Å². The first kappa shape index (κ1) is 24.8. The Bertz CT molecular complexity index is 972. The lowest BCUT2D eigenvalue weighted by atomic mass is 9.86. The number of esters is 1. The van der Waals surface area contributed by atoms with Crippen LogP contribution in [0.25, 0.3) is 0 Å². The minimum absolute atomic E-state index is 0.104. The average Bonchev–Trinajstić information content (AvgIpc) is 2.78. The van der Waals surface area contributed by atoms with Gasteiger partial charge in [-0.05, 0) is 60.9 Å². The van der Waals surface area contributed by atoms with Crippen LogP contribution in [0.4, 0.5) is 0 Å². The van der Waals surface area contributed by atoms with Crippen molar-refractivity contribution >= 4 is 11.9 Å². The first-order valence-electron chi connectivity index (χ1n) is 11.7. The second kappa shape index (κ2) is 9.98. The summed E-state index contributed by atoms with van der Waals surface area (Å²) in [6.07, 6.45) is 2.42. The second-order valence-corrected chi connectivity index (χ2v) is 10.5. The van der Waals surface area contributed by atoms with Gasteiger partial charge in [-0.15, -0.1) is 0 Å². The van der Waals surface area contributed by atoms with E-state index >= 15 is 0 Å². The van der Waals surface area contributed by atoms with Crippen molar-refractivity contribution in [1.29, 1.82) is 0 Å². The van der Waals surface area contributed by atoms with E-state index in [9.17, 15) is 9.59 Å². The number of rotatable bonds is 6. The van der Waals surface area contributed by atoms with Gasteiger partial charge >= 0.3 is 5.97 Å². The molecule has 1 saturated heterocycles. The third-order valence-corrected chi connectivity index (χ3v) is 6.33. The Morgan fingerprint density at radius 2 is 1.73 bits per heavy atom. The Labute approximate surface area is 198 Å². The van der Waals surface area contributed by atoms with Crippen molar-refractivity contribution in [3.8, 4) is 5.75 Å². The molecule has 1 aliphatic heterocycles. The van der Waals surface area contributed by atoms with E-state index in [1.165, 1.54) is 12.7 Å². The van der Waals surface area contributed by atoms with Crippen molar-refractivity contribution in [3.05, 3.63) is 65.2 Å². The van der Waals surface area contributed by atoms with E-state index in [1.807, 2.05) is 23.1 Å². The molecule has 33 heavy (non-hydrogen) atoms. The summed E-state index contributed by atoms with van der Waals surface area (Å²) in [7, 11) is 1.36. The van der Waals surface area contributed by atoms with Crippen LogP contribution in [-0.4, -0.2) is 42.6 Å². The highest BCUT2D eigenvalue weighted by atomic mass is 16.6. The molecule has 0 bridgehead atoms. The quantitative estimate of drug-likeness (QED) is 0.562. The number of nitrogens with zero attached hydrogens (tertiary/aromatic N) is 1. The van der Waals surface area contributed by atoms with Crippen LogP contribution < -0.4 is 4.74 Å². The van der Waals surface area contributed by atoms with Gasteiger partial charge in [0.25, 0.3) is 0 Å². The average molecular weight is 452 g/mol. The van der Waals surface area contributed by atoms with E-state index in [2.05, 4.69) is 51.1 Å². The van der Waals surface area contributed by atoms with Crippen LogP contribution >= 0.6 is 0 Å². The third kappa shape index (κ3) is 6.37. The van der Waals surface area contributed by atoms with Gasteiger partial charge in [0.15, 0.2) is 5.60 Å². The number of carbonyl (C=O) groups excluding carboxylic acids is 2. The fourth-order valence-corrected chi connectivity index (χ4v) is 4.30. The Morgan fingerprint density at radius 1 is 1.03 bits per heavy atom. The molecule has 1 amide bonds. The summed E-state index contributed by atoms with van der Waals surface area (Å²) in [6, 6.07) is 16.2. The zero-order valence-electron chi connectivity index (χ0n) is 20.8. The van der Waals surface area contributed by atoms with Crippen LogP contribution in [0.2, 0.25) is 0 Å². The molecule has 0 N–H and O–H groups in total. The first-order valence-corrected chi connectivity index (χ1v) is 11.7. The molecule has 5 nitrogen and oxygen atoms in total. The highest BCUT2D eigenvalue weighted by Gasteiger charge is 2.31. The molecule has 0 radical (unpaired) electrons. The number of carbonyl (C=O) groups is 2. The molecule has 0 aromatic heterocycles. The number of piperidine rings is 1. The molecule has 0 spiro atoms. The lowest BCUT2D eigenvalue weighted by Gasteiger charge is -2.33. The molecule has 0 aliphatic carbocycles. The minimum Gasteiger partial charge on any atom is -0.476 e. The minimum atomic E-state index is -1.07. The molecule has 1 unspecified atom stereocenters. The first-order chi connectivity index (χ1) is 15.5. The summed E-state index contributed by atoms with van der Waals surface area (Å²) in [5, 5.41) is 0. The number of benzene rings is 2. The molecule has 1 fully saturated rings. The molecule has 178 valence electrons. The Balaban J connectivity index is 1.65. The second-order valence-electron chi connectivity index (χ2n) is 10.5. The summed E-state index contributed by atoms with van der Waals surface area (Å²) in [5.74, 6) is 0.626. The van der Waals surface area contributed by atoms with Gasteiger partial charge in [-0.3, -0.25) is 4.79 Å².